The number of nitrogens with one attached hydrogen (secondary N) is 2. The van der Waals surface area contributed by atoms with Crippen molar-refractivity contribution in [3.8, 4) is 0 Å². The number of rotatable bonds is 4. The molecule has 20 heavy (non-hydrogen) atoms. The van der Waals surface area contributed by atoms with Crippen LogP contribution in [0.1, 0.15) is 37.1 Å². The summed E-state index contributed by atoms with van der Waals surface area (Å²) in [6.45, 7) is 3.08. The summed E-state index contributed by atoms with van der Waals surface area (Å²) in [6.07, 6.45) is 8.82. The molecule has 2 aromatic heterocycles. The third-order valence-electron chi connectivity index (χ3n) is 3.86. The smallest absolute Gasteiger partial charge is 0.248 e. The Morgan fingerprint density at radius 1 is 1.55 bits per heavy atom. The van der Waals surface area contributed by atoms with Gasteiger partial charge in [-0.15, -0.1) is 0 Å². The van der Waals surface area contributed by atoms with Gasteiger partial charge in [0.25, 0.3) is 0 Å². The number of fused-ring (bicyclic) bond motifs is 1. The lowest BCUT2D eigenvalue weighted by atomic mass is 9.91. The van der Waals surface area contributed by atoms with Gasteiger partial charge in [-0.2, -0.15) is 0 Å². The topological polar surface area (TPSA) is 62.7 Å². The first kappa shape index (κ1) is 13.1. The molecule has 0 bridgehead atoms. The summed E-state index contributed by atoms with van der Waals surface area (Å²) < 4.78 is 2.08. The van der Waals surface area contributed by atoms with Gasteiger partial charge >= 0.3 is 0 Å². The van der Waals surface area contributed by atoms with Crippen molar-refractivity contribution in [3.05, 3.63) is 52.5 Å². The number of H-pyrrole nitrogens is 1. The molecule has 2 aromatic rings. The highest BCUT2D eigenvalue weighted by Crippen LogP contribution is 2.27. The van der Waals surface area contributed by atoms with Crippen LogP contribution in [-0.2, 0) is 13.0 Å². The fourth-order valence-electron chi connectivity index (χ4n) is 2.98. The summed E-state index contributed by atoms with van der Waals surface area (Å²) in [7, 11) is 0. The average Bonchev–Trinajstić information content (AvgIpc) is 2.91. The van der Waals surface area contributed by atoms with E-state index in [1.165, 1.54) is 5.56 Å². The van der Waals surface area contributed by atoms with Gasteiger partial charge in [0.15, 0.2) is 0 Å². The summed E-state index contributed by atoms with van der Waals surface area (Å²) in [6, 6.07) is 4.27. The lowest BCUT2D eigenvalue weighted by Crippen LogP contribution is -2.36. The number of nitrogens with zero attached hydrogens (tertiary/aromatic N) is 2. The number of hydrogen-bond acceptors (Lipinski definition) is 3. The van der Waals surface area contributed by atoms with Crippen LogP contribution >= 0.6 is 0 Å². The molecule has 0 saturated heterocycles. The van der Waals surface area contributed by atoms with E-state index in [1.807, 2.05) is 18.6 Å². The molecule has 0 radical (unpaired) electrons. The molecule has 0 aromatic carbocycles. The van der Waals surface area contributed by atoms with E-state index in [1.54, 1.807) is 12.3 Å². The van der Waals surface area contributed by atoms with E-state index in [4.69, 9.17) is 0 Å². The Hall–Kier alpha value is -1.88. The predicted octanol–water partition coefficient (Wildman–Crippen LogP) is 1.63. The van der Waals surface area contributed by atoms with Crippen LogP contribution < -0.4 is 10.9 Å². The second-order valence-corrected chi connectivity index (χ2v) is 5.53. The van der Waals surface area contributed by atoms with Crippen LogP contribution in [0.5, 0.6) is 0 Å². The molecular weight excluding hydrogens is 252 g/mol. The van der Waals surface area contributed by atoms with Crippen LogP contribution in [0, 0.1) is 0 Å². The van der Waals surface area contributed by atoms with E-state index >= 15 is 0 Å². The number of aromatic nitrogens is 3. The number of hydrogen-bond donors (Lipinski definition) is 2. The van der Waals surface area contributed by atoms with Crippen molar-refractivity contribution in [1.82, 2.24) is 19.9 Å². The van der Waals surface area contributed by atoms with Crippen LogP contribution in [0.2, 0.25) is 0 Å². The van der Waals surface area contributed by atoms with Crippen molar-refractivity contribution < 1.29 is 0 Å². The van der Waals surface area contributed by atoms with Crippen LogP contribution in [0.3, 0.4) is 0 Å². The molecule has 1 aliphatic rings. The molecule has 5 heteroatoms. The minimum absolute atomic E-state index is 0.00383. The molecule has 0 spiro atoms. The van der Waals surface area contributed by atoms with Gasteiger partial charge in [0.05, 0.1) is 6.33 Å². The molecule has 2 atom stereocenters. The molecule has 3 rings (SSSR count). The minimum atomic E-state index is -0.00383. The predicted molar refractivity (Wildman–Crippen MR) is 77.6 cm³/mol. The highest BCUT2D eigenvalue weighted by Gasteiger charge is 2.21. The highest BCUT2D eigenvalue weighted by molar-refractivity contribution is 5.26. The maximum atomic E-state index is 11.4. The fourth-order valence-corrected chi connectivity index (χ4v) is 2.98. The second kappa shape index (κ2) is 5.63. The summed E-state index contributed by atoms with van der Waals surface area (Å²) in [5.41, 5.74) is 2.33. The van der Waals surface area contributed by atoms with Crippen molar-refractivity contribution >= 4 is 0 Å². The summed E-state index contributed by atoms with van der Waals surface area (Å²) >= 11 is 0. The van der Waals surface area contributed by atoms with Crippen LogP contribution in [0.25, 0.3) is 0 Å². The van der Waals surface area contributed by atoms with Gasteiger partial charge in [-0.3, -0.25) is 4.79 Å². The van der Waals surface area contributed by atoms with Gasteiger partial charge in [-0.25, -0.2) is 4.98 Å². The molecule has 0 aliphatic heterocycles. The molecule has 0 fully saturated rings. The molecular formula is C15H20N4O. The Morgan fingerprint density at radius 2 is 2.45 bits per heavy atom. The largest absolute Gasteiger partial charge is 0.336 e. The normalized spacial score (nSPS) is 19.6. The zero-order chi connectivity index (χ0) is 13.9. The first-order chi connectivity index (χ1) is 9.72. The zero-order valence-corrected chi connectivity index (χ0v) is 11.7. The molecule has 0 saturated carbocycles. The lowest BCUT2D eigenvalue weighted by molar-refractivity contribution is 0.378. The SMILES string of the molecule is CC(Cn1ccnc1)NC1CCCc2[nH]c(=O)ccc21. The fraction of sp³-hybridized carbons (Fsp3) is 0.467. The van der Waals surface area contributed by atoms with Gasteiger partial charge in [0.1, 0.15) is 0 Å². The van der Waals surface area contributed by atoms with Gasteiger partial charge in [0.2, 0.25) is 5.56 Å². The monoisotopic (exact) mass is 272 g/mol. The zero-order valence-electron chi connectivity index (χ0n) is 11.7. The first-order valence-electron chi connectivity index (χ1n) is 7.16. The third-order valence-corrected chi connectivity index (χ3v) is 3.86. The van der Waals surface area contributed by atoms with E-state index in [0.29, 0.717) is 12.1 Å². The van der Waals surface area contributed by atoms with Gasteiger partial charge in [-0.1, -0.05) is 6.07 Å². The van der Waals surface area contributed by atoms with Crippen molar-refractivity contribution in [3.63, 3.8) is 0 Å². The average molecular weight is 272 g/mol. The second-order valence-electron chi connectivity index (χ2n) is 5.53. The Labute approximate surface area is 118 Å². The molecule has 0 amide bonds. The number of imidazole rings is 1. The summed E-state index contributed by atoms with van der Waals surface area (Å²) in [4.78, 5) is 18.4. The van der Waals surface area contributed by atoms with Gasteiger partial charge in [0, 0.05) is 42.8 Å². The van der Waals surface area contributed by atoms with Crippen molar-refractivity contribution in [2.75, 3.05) is 0 Å². The molecule has 1 aliphatic carbocycles. The molecule has 5 nitrogen and oxygen atoms in total. The van der Waals surface area contributed by atoms with Gasteiger partial charge < -0.3 is 14.9 Å². The number of pyridine rings is 1. The molecule has 2 unspecified atom stereocenters. The van der Waals surface area contributed by atoms with Crippen LogP contribution in [-0.4, -0.2) is 20.6 Å². The van der Waals surface area contributed by atoms with Crippen molar-refractivity contribution in [2.45, 2.75) is 44.8 Å². The lowest BCUT2D eigenvalue weighted by Gasteiger charge is -2.29. The Bertz CT molecular complexity index is 617. The first-order valence-corrected chi connectivity index (χ1v) is 7.16. The third kappa shape index (κ3) is 2.82. The van der Waals surface area contributed by atoms with Crippen molar-refractivity contribution in [2.24, 2.45) is 0 Å². The van der Waals surface area contributed by atoms with E-state index in [0.717, 1.165) is 31.5 Å². The van der Waals surface area contributed by atoms with E-state index in [9.17, 15) is 4.79 Å². The molecule has 2 N–H and O–H groups in total. The van der Waals surface area contributed by atoms with E-state index in [2.05, 4.69) is 26.8 Å². The Balaban J connectivity index is 1.71. The van der Waals surface area contributed by atoms with E-state index in [-0.39, 0.29) is 5.56 Å². The van der Waals surface area contributed by atoms with Gasteiger partial charge in [-0.05, 0) is 31.7 Å². The van der Waals surface area contributed by atoms with E-state index < -0.39 is 0 Å². The number of aromatic amines is 1. The van der Waals surface area contributed by atoms with Crippen LogP contribution in [0.4, 0.5) is 0 Å². The summed E-state index contributed by atoms with van der Waals surface area (Å²) in [5, 5.41) is 3.66. The maximum absolute atomic E-state index is 11.4. The quantitative estimate of drug-likeness (QED) is 0.889. The summed E-state index contributed by atoms with van der Waals surface area (Å²) in [5.74, 6) is 0. The maximum Gasteiger partial charge on any atom is 0.248 e. The van der Waals surface area contributed by atoms with Crippen LogP contribution in [0.15, 0.2) is 35.6 Å². The van der Waals surface area contributed by atoms with Crippen molar-refractivity contribution in [1.29, 1.82) is 0 Å². The highest BCUT2D eigenvalue weighted by atomic mass is 16.1. The Kier molecular flexibility index (Phi) is 3.69. The number of aryl methyl sites for hydroxylation is 1. The molecule has 2 heterocycles. The minimum Gasteiger partial charge on any atom is -0.336 e. The molecule has 106 valence electrons. The standard InChI is InChI=1S/C15H20N4O/c1-11(9-19-8-7-16-10-19)17-13-3-2-4-14-12(13)5-6-15(20)18-14/h5-8,10-11,13,17H,2-4,9H2,1H3,(H,18,20). The Morgan fingerprint density at radius 3 is 3.25 bits per heavy atom.